The molecule has 0 unspecified atom stereocenters. The molecule has 2 amide bonds. The van der Waals surface area contributed by atoms with Gasteiger partial charge in [0.2, 0.25) is 5.91 Å². The van der Waals surface area contributed by atoms with E-state index in [2.05, 4.69) is 12.2 Å². The van der Waals surface area contributed by atoms with E-state index in [-0.39, 0.29) is 15.6 Å². The summed E-state index contributed by atoms with van der Waals surface area (Å²) < 4.78 is 43.3. The first kappa shape index (κ1) is 30.8. The highest BCUT2D eigenvalue weighted by Crippen LogP contribution is 2.21. The summed E-state index contributed by atoms with van der Waals surface area (Å²) in [5.74, 6) is -1.26. The van der Waals surface area contributed by atoms with Gasteiger partial charge in [0.15, 0.2) is 21.2 Å². The summed E-state index contributed by atoms with van der Waals surface area (Å²) in [5, 5.41) is 2.22. The molecule has 34 heavy (non-hydrogen) atoms. The minimum Gasteiger partial charge on any atom is -0.292 e. The van der Waals surface area contributed by atoms with Crippen molar-refractivity contribution >= 4 is 43.1 Å². The van der Waals surface area contributed by atoms with E-state index in [1.54, 1.807) is 0 Å². The Bertz CT molecular complexity index is 872. The molecule has 0 saturated carbocycles. The molecular weight excluding hydrogens is 569 g/mol. The van der Waals surface area contributed by atoms with Crippen molar-refractivity contribution in [2.45, 2.75) is 115 Å². The van der Waals surface area contributed by atoms with Gasteiger partial charge < -0.3 is 0 Å². The lowest BCUT2D eigenvalue weighted by atomic mass is 10.0. The van der Waals surface area contributed by atoms with Gasteiger partial charge in [0, 0.05) is 6.42 Å². The number of benzene rings is 1. The van der Waals surface area contributed by atoms with Crippen LogP contribution >= 0.6 is 21.2 Å². The number of nitrogens with one attached hydrogen (secondary N) is 1. The number of amides is 2. The number of hydrogen-bond donors (Lipinski definition) is 2. The molecule has 0 radical (unpaired) electrons. The molecule has 0 aliphatic heterocycles. The van der Waals surface area contributed by atoms with Gasteiger partial charge in [0.1, 0.15) is 0 Å². The molecule has 1 aromatic rings. The number of hydrogen-bond acceptors (Lipinski definition) is 5. The molecule has 194 valence electrons. The number of halogens is 1. The Kier molecular flexibility index (Phi) is 16.4. The van der Waals surface area contributed by atoms with Crippen molar-refractivity contribution in [1.29, 1.82) is 0 Å². The van der Waals surface area contributed by atoms with Crippen molar-refractivity contribution in [1.82, 2.24) is 5.32 Å². The maximum atomic E-state index is 12.3. The van der Waals surface area contributed by atoms with Gasteiger partial charge in [0.25, 0.3) is 16.0 Å². The predicted molar refractivity (Wildman–Crippen MR) is 142 cm³/mol. The highest BCUT2D eigenvalue weighted by atomic mass is 127. The highest BCUT2D eigenvalue weighted by Gasteiger charge is 2.19. The molecule has 1 aromatic carbocycles. The molecule has 0 fully saturated rings. The summed E-state index contributed by atoms with van der Waals surface area (Å²) in [6, 6.07) is 3.24. The summed E-state index contributed by atoms with van der Waals surface area (Å²) >= 11 is -1.75. The third-order valence-electron chi connectivity index (χ3n) is 5.82. The molecule has 1 rings (SSSR count). The summed E-state index contributed by atoms with van der Waals surface area (Å²) in [6.07, 6.45) is 18.6. The number of carbonyl (C=O) groups is 2. The van der Waals surface area contributed by atoms with Crippen LogP contribution < -0.4 is 5.32 Å². The second kappa shape index (κ2) is 18.1. The SMILES string of the molecule is CCCCCCCCCCCCCCCCCC(=O)NC(=O)c1cc(S(=O)(=O)O)ccc1I=O. The minimum atomic E-state index is -4.50. The van der Waals surface area contributed by atoms with Gasteiger partial charge in [-0.3, -0.25) is 22.5 Å². The van der Waals surface area contributed by atoms with Crippen LogP contribution in [0.2, 0.25) is 0 Å². The van der Waals surface area contributed by atoms with Crippen molar-refractivity contribution in [3.8, 4) is 0 Å². The van der Waals surface area contributed by atoms with Crippen LogP contribution in [0.5, 0.6) is 0 Å². The second-order valence-electron chi connectivity index (χ2n) is 8.77. The number of rotatable bonds is 19. The number of imide groups is 1. The Labute approximate surface area is 215 Å². The maximum absolute atomic E-state index is 12.3. The van der Waals surface area contributed by atoms with E-state index in [9.17, 15) is 21.1 Å². The van der Waals surface area contributed by atoms with Gasteiger partial charge in [0.05, 0.1) is 14.0 Å². The van der Waals surface area contributed by atoms with Crippen molar-refractivity contribution < 1.29 is 25.6 Å². The van der Waals surface area contributed by atoms with Crippen LogP contribution in [0.15, 0.2) is 23.1 Å². The zero-order chi connectivity index (χ0) is 25.2. The number of carbonyl (C=O) groups excluding carboxylic acids is 2. The van der Waals surface area contributed by atoms with Crippen molar-refractivity contribution in [3.05, 3.63) is 27.3 Å². The molecule has 0 saturated heterocycles. The lowest BCUT2D eigenvalue weighted by Gasteiger charge is -2.07. The van der Waals surface area contributed by atoms with Gasteiger partial charge in [-0.15, -0.1) is 0 Å². The molecule has 0 aromatic heterocycles. The van der Waals surface area contributed by atoms with E-state index in [4.69, 9.17) is 4.55 Å². The summed E-state index contributed by atoms with van der Waals surface area (Å²) in [6.45, 7) is 2.24. The summed E-state index contributed by atoms with van der Waals surface area (Å²) in [4.78, 5) is 23.9. The predicted octanol–water partition coefficient (Wildman–Crippen LogP) is 6.94. The molecule has 0 bridgehead atoms. The summed E-state index contributed by atoms with van der Waals surface area (Å²) in [5.41, 5.74) is -0.164. The largest absolute Gasteiger partial charge is 0.294 e. The minimum absolute atomic E-state index is 0.164. The normalized spacial score (nSPS) is 11.5. The third kappa shape index (κ3) is 13.6. The van der Waals surface area contributed by atoms with E-state index in [1.165, 1.54) is 76.7 Å². The van der Waals surface area contributed by atoms with Gasteiger partial charge >= 0.3 is 0 Å². The van der Waals surface area contributed by atoms with Crippen LogP contribution in [0.25, 0.3) is 0 Å². The molecule has 0 atom stereocenters. The number of unbranched alkanes of at least 4 members (excludes halogenated alkanes) is 14. The Morgan fingerprint density at radius 2 is 1.29 bits per heavy atom. The van der Waals surface area contributed by atoms with Crippen LogP contribution in [0.1, 0.15) is 120 Å². The molecular formula is C25H40INO6S. The lowest BCUT2D eigenvalue weighted by molar-refractivity contribution is -0.120. The smallest absolute Gasteiger partial charge is 0.292 e. The monoisotopic (exact) mass is 609 g/mol. The zero-order valence-corrected chi connectivity index (χ0v) is 23.3. The van der Waals surface area contributed by atoms with Crippen LogP contribution in [0.3, 0.4) is 0 Å². The second-order valence-corrected chi connectivity index (χ2v) is 11.8. The van der Waals surface area contributed by atoms with E-state index in [0.717, 1.165) is 31.4 Å². The first-order valence-electron chi connectivity index (χ1n) is 12.5. The highest BCUT2D eigenvalue weighted by molar-refractivity contribution is 14.1. The standard InChI is InChI=1S/C25H40INO6S/c1-2-3-4-5-6-7-8-9-10-11-12-13-14-15-16-17-24(28)27-25(29)22-20-21(34(31,32)33)18-19-23(22)26-30/h18-20H,2-17H2,1H3,(H,27,28,29)(H,31,32,33). The molecule has 0 spiro atoms. The third-order valence-corrected chi connectivity index (χ3v) is 8.09. The van der Waals surface area contributed by atoms with E-state index < -0.39 is 48.0 Å². The fourth-order valence-electron chi connectivity index (χ4n) is 3.82. The van der Waals surface area contributed by atoms with Crippen LogP contribution in [0, 0.1) is 3.57 Å². The van der Waals surface area contributed by atoms with Gasteiger partial charge in [-0.1, -0.05) is 96.8 Å². The Morgan fingerprint density at radius 3 is 1.74 bits per heavy atom. The Morgan fingerprint density at radius 1 is 0.824 bits per heavy atom. The molecule has 0 aliphatic rings. The quantitative estimate of drug-likeness (QED) is 0.0997. The van der Waals surface area contributed by atoms with Gasteiger partial charge in [-0.2, -0.15) is 8.42 Å². The fraction of sp³-hybridized carbons (Fsp3) is 0.680. The van der Waals surface area contributed by atoms with E-state index in [1.807, 2.05) is 0 Å². The Hall–Kier alpha value is -1.20. The average Bonchev–Trinajstić information content (AvgIpc) is 2.80. The molecule has 2 N–H and O–H groups in total. The lowest BCUT2D eigenvalue weighted by Crippen LogP contribution is -2.31. The van der Waals surface area contributed by atoms with Crippen molar-refractivity contribution in [2.24, 2.45) is 0 Å². The van der Waals surface area contributed by atoms with Crippen LogP contribution in [0.4, 0.5) is 0 Å². The maximum Gasteiger partial charge on any atom is 0.294 e. The van der Waals surface area contributed by atoms with E-state index >= 15 is 0 Å². The van der Waals surface area contributed by atoms with Crippen LogP contribution in [-0.4, -0.2) is 24.8 Å². The van der Waals surface area contributed by atoms with E-state index in [0.29, 0.717) is 6.42 Å². The average molecular weight is 610 g/mol. The molecule has 7 nitrogen and oxygen atoms in total. The van der Waals surface area contributed by atoms with Crippen LogP contribution in [-0.2, 0) is 18.0 Å². The fourth-order valence-corrected chi connectivity index (χ4v) is 5.29. The molecule has 9 heteroatoms. The topological polar surface area (TPSA) is 118 Å². The van der Waals surface area contributed by atoms with Gasteiger partial charge in [-0.05, 0) is 24.6 Å². The Balaban J connectivity index is 2.14. The first-order valence-corrected chi connectivity index (χ1v) is 15.9. The van der Waals surface area contributed by atoms with Crippen molar-refractivity contribution in [3.63, 3.8) is 0 Å². The van der Waals surface area contributed by atoms with Gasteiger partial charge in [-0.25, -0.2) is 0 Å². The first-order chi connectivity index (χ1) is 16.3. The molecule has 0 aliphatic carbocycles. The zero-order valence-electron chi connectivity index (χ0n) is 20.3. The molecule has 0 heterocycles. The van der Waals surface area contributed by atoms with Crippen molar-refractivity contribution in [2.75, 3.05) is 0 Å². The summed E-state index contributed by atoms with van der Waals surface area (Å²) in [7, 11) is -4.50.